The van der Waals surface area contributed by atoms with E-state index in [1.807, 2.05) is 47.8 Å². The van der Waals surface area contributed by atoms with Crippen LogP contribution in [0.4, 0.5) is 0 Å². The fraction of sp³-hybridized carbons (Fsp3) is 0.250. The molecule has 21 heavy (non-hydrogen) atoms. The summed E-state index contributed by atoms with van der Waals surface area (Å²) in [5, 5.41) is 13.9. The van der Waals surface area contributed by atoms with Gasteiger partial charge in [0.2, 0.25) is 5.91 Å². The average Bonchev–Trinajstić information content (AvgIpc) is 3.13. The van der Waals surface area contributed by atoms with E-state index in [0.29, 0.717) is 6.42 Å². The van der Waals surface area contributed by atoms with Gasteiger partial charge in [-0.05, 0) is 23.4 Å². The molecule has 2 aromatic rings. The first-order valence-electron chi connectivity index (χ1n) is 6.78. The van der Waals surface area contributed by atoms with Crippen molar-refractivity contribution in [2.24, 2.45) is 11.8 Å². The van der Waals surface area contributed by atoms with Crippen LogP contribution in [0.25, 0.3) is 0 Å². The molecule has 1 aromatic heterocycles. The number of hydrogen-bond acceptors (Lipinski definition) is 3. The van der Waals surface area contributed by atoms with Crippen LogP contribution in [0.2, 0.25) is 0 Å². The predicted octanol–water partition coefficient (Wildman–Crippen LogP) is 2.67. The van der Waals surface area contributed by atoms with Crippen molar-refractivity contribution < 1.29 is 14.7 Å². The van der Waals surface area contributed by atoms with Crippen LogP contribution < -0.4 is 5.32 Å². The SMILES string of the molecule is O=C(O)C1CC1C(=O)NC(c1ccccc1)c1cccs1. The minimum atomic E-state index is -0.887. The van der Waals surface area contributed by atoms with Crippen LogP contribution in [0.15, 0.2) is 47.8 Å². The highest BCUT2D eigenvalue weighted by molar-refractivity contribution is 7.10. The number of amides is 1. The molecule has 1 aliphatic carbocycles. The highest BCUT2D eigenvalue weighted by Crippen LogP contribution is 2.39. The van der Waals surface area contributed by atoms with Crippen LogP contribution in [0.1, 0.15) is 22.9 Å². The molecule has 2 N–H and O–H groups in total. The number of carbonyl (C=O) groups excluding carboxylic acids is 1. The minimum Gasteiger partial charge on any atom is -0.481 e. The van der Waals surface area contributed by atoms with Crippen molar-refractivity contribution in [3.8, 4) is 0 Å². The van der Waals surface area contributed by atoms with Gasteiger partial charge in [-0.1, -0.05) is 36.4 Å². The van der Waals surface area contributed by atoms with Gasteiger partial charge >= 0.3 is 5.97 Å². The lowest BCUT2D eigenvalue weighted by atomic mass is 10.1. The molecule has 0 aliphatic heterocycles. The van der Waals surface area contributed by atoms with Crippen LogP contribution in [0, 0.1) is 11.8 Å². The highest BCUT2D eigenvalue weighted by atomic mass is 32.1. The van der Waals surface area contributed by atoms with Crippen LogP contribution in [-0.2, 0) is 9.59 Å². The molecule has 0 spiro atoms. The second-order valence-electron chi connectivity index (χ2n) is 5.15. The van der Waals surface area contributed by atoms with Gasteiger partial charge in [-0.15, -0.1) is 11.3 Å². The molecular weight excluding hydrogens is 286 g/mol. The van der Waals surface area contributed by atoms with Gasteiger partial charge in [0.1, 0.15) is 0 Å². The first-order valence-corrected chi connectivity index (χ1v) is 7.66. The maximum atomic E-state index is 12.2. The topological polar surface area (TPSA) is 66.4 Å². The molecule has 3 unspecified atom stereocenters. The zero-order valence-electron chi connectivity index (χ0n) is 11.2. The summed E-state index contributed by atoms with van der Waals surface area (Å²) in [6, 6.07) is 13.4. The van der Waals surface area contributed by atoms with Gasteiger partial charge in [-0.2, -0.15) is 0 Å². The quantitative estimate of drug-likeness (QED) is 0.892. The number of benzene rings is 1. The Morgan fingerprint density at radius 2 is 1.90 bits per heavy atom. The first-order chi connectivity index (χ1) is 10.2. The van der Waals surface area contributed by atoms with E-state index in [-0.39, 0.29) is 11.9 Å². The molecule has 0 bridgehead atoms. The van der Waals surface area contributed by atoms with E-state index in [0.717, 1.165) is 10.4 Å². The number of carboxylic acid groups (broad SMARTS) is 1. The Balaban J connectivity index is 1.78. The molecule has 1 heterocycles. The lowest BCUT2D eigenvalue weighted by Crippen LogP contribution is -2.31. The zero-order chi connectivity index (χ0) is 14.8. The van der Waals surface area contributed by atoms with Gasteiger partial charge < -0.3 is 10.4 Å². The second kappa shape index (κ2) is 5.69. The molecule has 1 saturated carbocycles. The maximum absolute atomic E-state index is 12.2. The van der Waals surface area contributed by atoms with Crippen molar-refractivity contribution in [3.05, 3.63) is 58.3 Å². The molecule has 0 radical (unpaired) electrons. The standard InChI is InChI=1S/C16H15NO3S/c18-15(11-9-12(11)16(19)20)17-14(13-7-4-8-21-13)10-5-2-1-3-6-10/h1-8,11-12,14H,9H2,(H,17,18)(H,19,20). The zero-order valence-corrected chi connectivity index (χ0v) is 12.0. The monoisotopic (exact) mass is 301 g/mol. The molecule has 1 aromatic carbocycles. The minimum absolute atomic E-state index is 0.176. The van der Waals surface area contributed by atoms with Crippen molar-refractivity contribution in [1.29, 1.82) is 0 Å². The van der Waals surface area contributed by atoms with E-state index in [9.17, 15) is 9.59 Å². The van der Waals surface area contributed by atoms with Gasteiger partial charge in [0.15, 0.2) is 0 Å². The Labute approximate surface area is 126 Å². The summed E-state index contributed by atoms with van der Waals surface area (Å²) in [5.74, 6) is -1.98. The summed E-state index contributed by atoms with van der Waals surface area (Å²) in [5.41, 5.74) is 1.00. The highest BCUT2D eigenvalue weighted by Gasteiger charge is 2.48. The summed E-state index contributed by atoms with van der Waals surface area (Å²) in [7, 11) is 0. The lowest BCUT2D eigenvalue weighted by molar-refractivity contribution is -0.140. The summed E-state index contributed by atoms with van der Waals surface area (Å²) in [6.07, 6.45) is 0.438. The normalized spacial score (nSPS) is 21.5. The molecule has 1 fully saturated rings. The molecule has 3 atom stereocenters. The second-order valence-corrected chi connectivity index (χ2v) is 6.13. The lowest BCUT2D eigenvalue weighted by Gasteiger charge is -2.18. The van der Waals surface area contributed by atoms with Crippen molar-refractivity contribution in [3.63, 3.8) is 0 Å². The third kappa shape index (κ3) is 2.97. The summed E-state index contributed by atoms with van der Waals surface area (Å²) < 4.78 is 0. The number of nitrogens with one attached hydrogen (secondary N) is 1. The summed E-state index contributed by atoms with van der Waals surface area (Å²) in [6.45, 7) is 0. The molecule has 1 aliphatic rings. The van der Waals surface area contributed by atoms with Gasteiger partial charge in [0.25, 0.3) is 0 Å². The number of aliphatic carboxylic acids is 1. The largest absolute Gasteiger partial charge is 0.481 e. The molecule has 4 nitrogen and oxygen atoms in total. The molecular formula is C16H15NO3S. The molecule has 1 amide bonds. The maximum Gasteiger partial charge on any atom is 0.307 e. The predicted molar refractivity (Wildman–Crippen MR) is 80.0 cm³/mol. The Morgan fingerprint density at radius 3 is 2.48 bits per heavy atom. The van der Waals surface area contributed by atoms with Crippen molar-refractivity contribution in [1.82, 2.24) is 5.32 Å². The molecule has 108 valence electrons. The summed E-state index contributed by atoms with van der Waals surface area (Å²) in [4.78, 5) is 24.2. The Kier molecular flexibility index (Phi) is 3.75. The van der Waals surface area contributed by atoms with Gasteiger partial charge in [0, 0.05) is 4.88 Å². The van der Waals surface area contributed by atoms with Crippen molar-refractivity contribution in [2.45, 2.75) is 12.5 Å². The Hall–Kier alpha value is -2.14. The number of carboxylic acids is 1. The van der Waals surface area contributed by atoms with Gasteiger partial charge in [-0.25, -0.2) is 0 Å². The Bertz CT molecular complexity index is 639. The molecule has 0 saturated heterocycles. The van der Waals surface area contributed by atoms with E-state index in [4.69, 9.17) is 5.11 Å². The van der Waals surface area contributed by atoms with E-state index >= 15 is 0 Å². The van der Waals surface area contributed by atoms with Crippen LogP contribution in [0.5, 0.6) is 0 Å². The Morgan fingerprint density at radius 1 is 1.14 bits per heavy atom. The van der Waals surface area contributed by atoms with Crippen molar-refractivity contribution in [2.75, 3.05) is 0 Å². The van der Waals surface area contributed by atoms with E-state index in [2.05, 4.69) is 5.32 Å². The van der Waals surface area contributed by atoms with Gasteiger partial charge in [0.05, 0.1) is 17.9 Å². The first kappa shape index (κ1) is 13.8. The average molecular weight is 301 g/mol. The summed E-state index contributed by atoms with van der Waals surface area (Å²) >= 11 is 1.58. The number of hydrogen-bond donors (Lipinski definition) is 2. The number of rotatable bonds is 5. The van der Waals surface area contributed by atoms with E-state index in [1.54, 1.807) is 11.3 Å². The number of thiophene rings is 1. The fourth-order valence-electron chi connectivity index (χ4n) is 2.43. The van der Waals surface area contributed by atoms with Crippen LogP contribution >= 0.6 is 11.3 Å². The van der Waals surface area contributed by atoms with Crippen molar-refractivity contribution >= 4 is 23.2 Å². The third-order valence-corrected chi connectivity index (χ3v) is 4.63. The number of carbonyl (C=O) groups is 2. The molecule has 3 rings (SSSR count). The van der Waals surface area contributed by atoms with Crippen LogP contribution in [0.3, 0.4) is 0 Å². The molecule has 5 heteroatoms. The van der Waals surface area contributed by atoms with E-state index < -0.39 is 17.8 Å². The van der Waals surface area contributed by atoms with Crippen LogP contribution in [-0.4, -0.2) is 17.0 Å². The smallest absolute Gasteiger partial charge is 0.307 e. The fourth-order valence-corrected chi connectivity index (χ4v) is 3.23. The van der Waals surface area contributed by atoms with E-state index in [1.165, 1.54) is 0 Å². The van der Waals surface area contributed by atoms with Gasteiger partial charge in [-0.3, -0.25) is 9.59 Å². The third-order valence-electron chi connectivity index (χ3n) is 3.69.